The summed E-state index contributed by atoms with van der Waals surface area (Å²) in [5.74, 6) is 0. The van der Waals surface area contributed by atoms with Gasteiger partial charge in [-0.15, -0.1) is 0 Å². The van der Waals surface area contributed by atoms with E-state index in [-0.39, 0.29) is 0 Å². The Hall–Kier alpha value is -6.77. The van der Waals surface area contributed by atoms with Crippen molar-refractivity contribution in [2.45, 2.75) is 0 Å². The van der Waals surface area contributed by atoms with Crippen LogP contribution in [0, 0.1) is 0 Å². The number of nitrogens with zero attached hydrogens (tertiary/aromatic N) is 2. The average molecular weight is 649 g/mol. The lowest BCUT2D eigenvalue weighted by Gasteiger charge is -2.14. The zero-order valence-corrected chi connectivity index (χ0v) is 27.9. The minimum absolute atomic E-state index is 0.963. The van der Waals surface area contributed by atoms with E-state index in [9.17, 15) is 0 Å². The van der Waals surface area contributed by atoms with Gasteiger partial charge in [-0.2, -0.15) is 0 Å². The predicted molar refractivity (Wildman–Crippen MR) is 215 cm³/mol. The first-order valence-corrected chi connectivity index (χ1v) is 17.5. The van der Waals surface area contributed by atoms with Crippen molar-refractivity contribution in [3.8, 4) is 50.2 Å². The van der Waals surface area contributed by atoms with Gasteiger partial charge in [0.15, 0.2) is 0 Å². The van der Waals surface area contributed by atoms with Crippen LogP contribution in [0.25, 0.3) is 93.7 Å². The van der Waals surface area contributed by atoms with Gasteiger partial charge in [0, 0.05) is 22.7 Å². The maximum Gasteiger partial charge on any atom is 0.145 e. The molecule has 2 heterocycles. The summed E-state index contributed by atoms with van der Waals surface area (Å²) in [4.78, 5) is 4.87. The number of rotatable bonds is 5. The molecule has 10 rings (SSSR count). The van der Waals surface area contributed by atoms with E-state index in [4.69, 9.17) is 4.98 Å². The zero-order valence-electron chi connectivity index (χ0n) is 27.9. The van der Waals surface area contributed by atoms with E-state index in [0.29, 0.717) is 0 Å². The van der Waals surface area contributed by atoms with Gasteiger partial charge in [0.05, 0.1) is 5.52 Å². The molecule has 2 nitrogen and oxygen atoms in total. The molecule has 0 saturated heterocycles. The first kappa shape index (κ1) is 29.2. The Morgan fingerprint density at radius 3 is 1.73 bits per heavy atom. The summed E-state index contributed by atoms with van der Waals surface area (Å²) in [6.07, 6.45) is 1.89. The fraction of sp³-hybridized carbons (Fsp3) is 0. The molecule has 2 heteroatoms. The summed E-state index contributed by atoms with van der Waals surface area (Å²) in [5.41, 5.74) is 12.9. The van der Waals surface area contributed by atoms with Gasteiger partial charge in [0.2, 0.25) is 0 Å². The molecule has 0 aliphatic heterocycles. The molecule has 0 unspecified atom stereocenters. The fourth-order valence-electron chi connectivity index (χ4n) is 7.74. The van der Waals surface area contributed by atoms with Crippen LogP contribution in [0.3, 0.4) is 0 Å². The molecule has 0 atom stereocenters. The summed E-state index contributed by atoms with van der Waals surface area (Å²) in [6, 6.07) is 68.0. The highest BCUT2D eigenvalue weighted by atomic mass is 15.0. The first-order valence-electron chi connectivity index (χ1n) is 17.5. The number of aromatic nitrogens is 2. The lowest BCUT2D eigenvalue weighted by Crippen LogP contribution is -1.95. The molecule has 10 aromatic rings. The molecule has 0 N–H and O–H groups in total. The smallest absolute Gasteiger partial charge is 0.145 e. The molecule has 0 saturated carbocycles. The molecule has 238 valence electrons. The highest BCUT2D eigenvalue weighted by Crippen LogP contribution is 2.39. The van der Waals surface area contributed by atoms with Crippen molar-refractivity contribution in [2.75, 3.05) is 0 Å². The number of hydrogen-bond donors (Lipinski definition) is 0. The Kier molecular flexibility index (Phi) is 6.85. The minimum Gasteiger partial charge on any atom is -0.294 e. The van der Waals surface area contributed by atoms with Crippen molar-refractivity contribution in [2.24, 2.45) is 0 Å². The van der Waals surface area contributed by atoms with Crippen LogP contribution in [0.1, 0.15) is 0 Å². The largest absolute Gasteiger partial charge is 0.294 e. The Bertz CT molecular complexity index is 2880. The monoisotopic (exact) mass is 648 g/mol. The number of hydrogen-bond acceptors (Lipinski definition) is 1. The summed E-state index contributed by atoms with van der Waals surface area (Å²) in [5, 5.41) is 7.35. The second-order valence-corrected chi connectivity index (χ2v) is 13.2. The molecule has 2 aromatic heterocycles. The van der Waals surface area contributed by atoms with Gasteiger partial charge in [-0.1, -0.05) is 140 Å². The molecule has 0 bridgehead atoms. The number of benzene rings is 8. The van der Waals surface area contributed by atoms with Crippen molar-refractivity contribution in [3.63, 3.8) is 0 Å². The zero-order chi connectivity index (χ0) is 33.7. The van der Waals surface area contributed by atoms with E-state index in [1.165, 1.54) is 71.4 Å². The molecule has 0 radical (unpaired) electrons. The van der Waals surface area contributed by atoms with Crippen molar-refractivity contribution in [3.05, 3.63) is 194 Å². The van der Waals surface area contributed by atoms with Gasteiger partial charge in [-0.3, -0.25) is 4.57 Å². The van der Waals surface area contributed by atoms with E-state index < -0.39 is 0 Å². The fourth-order valence-corrected chi connectivity index (χ4v) is 7.74. The van der Waals surface area contributed by atoms with Gasteiger partial charge in [-0.25, -0.2) is 4.98 Å². The molecular formula is C49H32N2. The van der Waals surface area contributed by atoms with Crippen LogP contribution in [-0.2, 0) is 0 Å². The third-order valence-electron chi connectivity index (χ3n) is 10.2. The summed E-state index contributed by atoms with van der Waals surface area (Å²) in [7, 11) is 0. The number of fused-ring (bicyclic) bond motifs is 6. The maximum absolute atomic E-state index is 4.87. The second-order valence-electron chi connectivity index (χ2n) is 13.2. The van der Waals surface area contributed by atoms with Crippen LogP contribution in [0.4, 0.5) is 0 Å². The summed E-state index contributed by atoms with van der Waals surface area (Å²) >= 11 is 0. The Labute approximate surface area is 296 Å². The summed E-state index contributed by atoms with van der Waals surface area (Å²) in [6.45, 7) is 0. The third kappa shape index (κ3) is 5.00. The van der Waals surface area contributed by atoms with Crippen molar-refractivity contribution in [1.29, 1.82) is 0 Å². The Balaban J connectivity index is 1.11. The first-order chi connectivity index (χ1) is 25.3. The van der Waals surface area contributed by atoms with E-state index in [0.717, 1.165) is 22.2 Å². The Morgan fingerprint density at radius 1 is 0.333 bits per heavy atom. The molecule has 8 aromatic carbocycles. The SMILES string of the molecule is c1ccc(-c2ccc(-n3c4cc(-c5ccc6cc(-c7cccc(-c8ccccc8)c7)c7ccccc7c6c5)ccc4c4cccnc43)cc2)cc1. The van der Waals surface area contributed by atoms with E-state index in [2.05, 4.69) is 187 Å². The average Bonchev–Trinajstić information content (AvgIpc) is 3.55. The lowest BCUT2D eigenvalue weighted by molar-refractivity contribution is 1.14. The van der Waals surface area contributed by atoms with Crippen LogP contribution in [0.15, 0.2) is 194 Å². The second kappa shape index (κ2) is 12.0. The van der Waals surface area contributed by atoms with Crippen molar-refractivity contribution < 1.29 is 0 Å². The van der Waals surface area contributed by atoms with Gasteiger partial charge in [-0.05, 0) is 115 Å². The van der Waals surface area contributed by atoms with Gasteiger partial charge in [0.25, 0.3) is 0 Å². The highest BCUT2D eigenvalue weighted by Gasteiger charge is 2.16. The van der Waals surface area contributed by atoms with E-state index in [1.54, 1.807) is 0 Å². The molecular weight excluding hydrogens is 617 g/mol. The third-order valence-corrected chi connectivity index (χ3v) is 10.2. The minimum atomic E-state index is 0.963. The topological polar surface area (TPSA) is 17.8 Å². The van der Waals surface area contributed by atoms with Gasteiger partial charge in [0.1, 0.15) is 5.65 Å². The van der Waals surface area contributed by atoms with Gasteiger partial charge < -0.3 is 0 Å². The van der Waals surface area contributed by atoms with Crippen LogP contribution in [0.5, 0.6) is 0 Å². The lowest BCUT2D eigenvalue weighted by atomic mass is 9.90. The molecule has 0 spiro atoms. The standard InChI is InChI=1S/C49H32N2/c1-3-11-33(12-4-1)35-22-25-41(26-23-35)51-48-32-38(24-27-44(48)45-19-10-28-50-49(45)51)37-20-21-40-31-47(43-18-8-7-17-42(43)46(40)30-37)39-16-9-15-36(29-39)34-13-5-2-6-14-34/h1-32H. The van der Waals surface area contributed by atoms with Crippen LogP contribution < -0.4 is 0 Å². The predicted octanol–water partition coefficient (Wildman–Crippen LogP) is 13.2. The maximum atomic E-state index is 4.87. The van der Waals surface area contributed by atoms with Crippen LogP contribution in [-0.4, -0.2) is 9.55 Å². The van der Waals surface area contributed by atoms with E-state index in [1.807, 2.05) is 12.3 Å². The van der Waals surface area contributed by atoms with Crippen molar-refractivity contribution in [1.82, 2.24) is 9.55 Å². The quantitative estimate of drug-likeness (QED) is 0.170. The highest BCUT2D eigenvalue weighted by molar-refractivity contribution is 6.15. The van der Waals surface area contributed by atoms with Crippen LogP contribution >= 0.6 is 0 Å². The normalized spacial score (nSPS) is 11.5. The Morgan fingerprint density at radius 2 is 0.922 bits per heavy atom. The number of pyridine rings is 1. The molecule has 51 heavy (non-hydrogen) atoms. The molecule has 0 aliphatic rings. The van der Waals surface area contributed by atoms with Gasteiger partial charge >= 0.3 is 0 Å². The van der Waals surface area contributed by atoms with Crippen LogP contribution in [0.2, 0.25) is 0 Å². The van der Waals surface area contributed by atoms with Crippen molar-refractivity contribution >= 4 is 43.5 Å². The summed E-state index contributed by atoms with van der Waals surface area (Å²) < 4.78 is 2.30. The molecule has 0 fully saturated rings. The molecule has 0 amide bonds. The molecule has 0 aliphatic carbocycles. The van der Waals surface area contributed by atoms with E-state index >= 15 is 0 Å².